The summed E-state index contributed by atoms with van der Waals surface area (Å²) in [5.41, 5.74) is 2.67. The van der Waals surface area contributed by atoms with Gasteiger partial charge in [0.25, 0.3) is 0 Å². The molecular weight excluding hydrogens is 352 g/mol. The summed E-state index contributed by atoms with van der Waals surface area (Å²) in [7, 11) is 1.71. The molecule has 0 amide bonds. The molecule has 0 aromatic heterocycles. The van der Waals surface area contributed by atoms with E-state index in [1.807, 2.05) is 12.1 Å². The van der Waals surface area contributed by atoms with Crippen LogP contribution in [0.1, 0.15) is 12.0 Å². The van der Waals surface area contributed by atoms with Gasteiger partial charge in [0.2, 0.25) is 0 Å². The molecule has 3 nitrogen and oxygen atoms in total. The predicted molar refractivity (Wildman–Crippen MR) is 99.2 cm³/mol. The van der Waals surface area contributed by atoms with Crippen molar-refractivity contribution in [1.29, 1.82) is 0 Å². The SMILES string of the molecule is COc1ccc(N2CCCN(Cc3ccc(Br)cc3)CC2)cc1. The zero-order valence-corrected chi connectivity index (χ0v) is 15.1. The van der Waals surface area contributed by atoms with E-state index >= 15 is 0 Å². The van der Waals surface area contributed by atoms with Gasteiger partial charge in [0.15, 0.2) is 0 Å². The zero-order chi connectivity index (χ0) is 16.1. The molecule has 3 rings (SSSR count). The van der Waals surface area contributed by atoms with Crippen molar-refractivity contribution in [2.24, 2.45) is 0 Å². The van der Waals surface area contributed by atoms with Crippen molar-refractivity contribution in [3.8, 4) is 5.75 Å². The number of hydrogen-bond donors (Lipinski definition) is 0. The van der Waals surface area contributed by atoms with Crippen molar-refractivity contribution in [2.45, 2.75) is 13.0 Å². The highest BCUT2D eigenvalue weighted by Gasteiger charge is 2.15. The molecule has 1 aliphatic rings. The van der Waals surface area contributed by atoms with Gasteiger partial charge in [0, 0.05) is 42.9 Å². The van der Waals surface area contributed by atoms with Crippen LogP contribution in [-0.2, 0) is 6.54 Å². The van der Waals surface area contributed by atoms with E-state index in [2.05, 4.69) is 62.1 Å². The van der Waals surface area contributed by atoms with Crippen LogP contribution in [-0.4, -0.2) is 38.2 Å². The Hall–Kier alpha value is -1.52. The van der Waals surface area contributed by atoms with Crippen LogP contribution in [0.25, 0.3) is 0 Å². The summed E-state index contributed by atoms with van der Waals surface area (Å²) in [6.07, 6.45) is 1.20. The predicted octanol–water partition coefficient (Wildman–Crippen LogP) is 4.17. The van der Waals surface area contributed by atoms with Crippen molar-refractivity contribution in [2.75, 3.05) is 38.2 Å². The Kier molecular flexibility index (Phi) is 5.57. The van der Waals surface area contributed by atoms with Crippen molar-refractivity contribution in [1.82, 2.24) is 4.90 Å². The van der Waals surface area contributed by atoms with Gasteiger partial charge in [-0.3, -0.25) is 4.90 Å². The fourth-order valence-electron chi connectivity index (χ4n) is 3.03. The van der Waals surface area contributed by atoms with Gasteiger partial charge in [-0.05, 0) is 48.4 Å². The van der Waals surface area contributed by atoms with E-state index in [1.165, 1.54) is 17.7 Å². The zero-order valence-electron chi connectivity index (χ0n) is 13.5. The monoisotopic (exact) mass is 374 g/mol. The minimum absolute atomic E-state index is 0.917. The second-order valence-electron chi connectivity index (χ2n) is 5.94. The third-order valence-electron chi connectivity index (χ3n) is 4.35. The summed E-state index contributed by atoms with van der Waals surface area (Å²) in [5.74, 6) is 0.917. The van der Waals surface area contributed by atoms with E-state index in [-0.39, 0.29) is 0 Å². The number of rotatable bonds is 4. The average Bonchev–Trinajstić information content (AvgIpc) is 2.83. The number of benzene rings is 2. The summed E-state index contributed by atoms with van der Waals surface area (Å²) < 4.78 is 6.38. The second-order valence-corrected chi connectivity index (χ2v) is 6.86. The van der Waals surface area contributed by atoms with Crippen molar-refractivity contribution >= 4 is 21.6 Å². The lowest BCUT2D eigenvalue weighted by Gasteiger charge is -2.24. The molecule has 0 aliphatic carbocycles. The maximum absolute atomic E-state index is 5.24. The first-order valence-corrected chi connectivity index (χ1v) is 8.90. The molecule has 23 heavy (non-hydrogen) atoms. The third kappa shape index (κ3) is 4.49. The molecule has 0 unspecified atom stereocenters. The lowest BCUT2D eigenvalue weighted by atomic mass is 10.2. The molecule has 0 spiro atoms. The van der Waals surface area contributed by atoms with E-state index in [4.69, 9.17) is 4.74 Å². The molecule has 1 aliphatic heterocycles. The topological polar surface area (TPSA) is 15.7 Å². The first-order valence-electron chi connectivity index (χ1n) is 8.10. The Bertz CT molecular complexity index is 612. The molecule has 4 heteroatoms. The van der Waals surface area contributed by atoms with Gasteiger partial charge in [0.05, 0.1) is 7.11 Å². The highest BCUT2D eigenvalue weighted by molar-refractivity contribution is 9.10. The number of hydrogen-bond acceptors (Lipinski definition) is 3. The fourth-order valence-corrected chi connectivity index (χ4v) is 3.29. The summed E-state index contributed by atoms with van der Waals surface area (Å²) >= 11 is 3.50. The molecule has 2 aromatic carbocycles. The van der Waals surface area contributed by atoms with E-state index in [1.54, 1.807) is 7.11 Å². The Morgan fingerprint density at radius 3 is 2.35 bits per heavy atom. The van der Waals surface area contributed by atoms with Crippen LogP contribution in [0.4, 0.5) is 5.69 Å². The van der Waals surface area contributed by atoms with Crippen LogP contribution in [0.15, 0.2) is 53.0 Å². The van der Waals surface area contributed by atoms with Crippen LogP contribution in [0.3, 0.4) is 0 Å². The molecule has 1 heterocycles. The molecule has 2 aromatic rings. The first kappa shape index (κ1) is 16.3. The lowest BCUT2D eigenvalue weighted by Crippen LogP contribution is -2.30. The van der Waals surface area contributed by atoms with E-state index in [0.717, 1.165) is 42.9 Å². The van der Waals surface area contributed by atoms with E-state index < -0.39 is 0 Å². The molecule has 122 valence electrons. The van der Waals surface area contributed by atoms with Crippen molar-refractivity contribution < 1.29 is 4.74 Å². The van der Waals surface area contributed by atoms with E-state index in [0.29, 0.717) is 0 Å². The van der Waals surface area contributed by atoms with Crippen LogP contribution < -0.4 is 9.64 Å². The highest BCUT2D eigenvalue weighted by atomic mass is 79.9. The second kappa shape index (κ2) is 7.84. The number of ether oxygens (including phenoxy) is 1. The van der Waals surface area contributed by atoms with Crippen LogP contribution in [0, 0.1) is 0 Å². The molecule has 1 fully saturated rings. The van der Waals surface area contributed by atoms with Crippen LogP contribution >= 0.6 is 15.9 Å². The first-order chi connectivity index (χ1) is 11.2. The molecule has 0 saturated carbocycles. The van der Waals surface area contributed by atoms with E-state index in [9.17, 15) is 0 Å². The molecular formula is C19H23BrN2O. The Labute approximate surface area is 147 Å². The number of halogens is 1. The van der Waals surface area contributed by atoms with Crippen molar-refractivity contribution in [3.05, 3.63) is 58.6 Å². The maximum atomic E-state index is 5.24. The number of nitrogens with zero attached hydrogens (tertiary/aromatic N) is 2. The quantitative estimate of drug-likeness (QED) is 0.798. The highest BCUT2D eigenvalue weighted by Crippen LogP contribution is 2.21. The Morgan fingerprint density at radius 2 is 1.65 bits per heavy atom. The summed E-state index contributed by atoms with van der Waals surface area (Å²) in [6, 6.07) is 17.0. The molecule has 0 bridgehead atoms. The van der Waals surface area contributed by atoms with Gasteiger partial charge in [-0.2, -0.15) is 0 Å². The minimum atomic E-state index is 0.917. The Morgan fingerprint density at radius 1 is 0.913 bits per heavy atom. The van der Waals surface area contributed by atoms with Gasteiger partial charge in [-0.25, -0.2) is 0 Å². The molecule has 0 N–H and O–H groups in total. The summed E-state index contributed by atoms with van der Waals surface area (Å²) in [5, 5.41) is 0. The summed E-state index contributed by atoms with van der Waals surface area (Å²) in [4.78, 5) is 5.02. The van der Waals surface area contributed by atoms with Gasteiger partial charge in [-0.1, -0.05) is 28.1 Å². The van der Waals surface area contributed by atoms with Gasteiger partial charge in [-0.15, -0.1) is 0 Å². The van der Waals surface area contributed by atoms with Crippen molar-refractivity contribution in [3.63, 3.8) is 0 Å². The number of anilines is 1. The molecule has 1 saturated heterocycles. The van der Waals surface area contributed by atoms with Crippen LogP contribution in [0.5, 0.6) is 5.75 Å². The number of methoxy groups -OCH3 is 1. The average molecular weight is 375 g/mol. The van der Waals surface area contributed by atoms with Crippen LogP contribution in [0.2, 0.25) is 0 Å². The third-order valence-corrected chi connectivity index (χ3v) is 4.87. The summed E-state index contributed by atoms with van der Waals surface area (Å²) in [6.45, 7) is 5.47. The van der Waals surface area contributed by atoms with Gasteiger partial charge < -0.3 is 9.64 Å². The standard InChI is InChI=1S/C19H23BrN2O/c1-23-19-9-7-18(8-10-19)22-12-2-11-21(13-14-22)15-16-3-5-17(20)6-4-16/h3-10H,2,11-15H2,1H3. The Balaban J connectivity index is 1.59. The minimum Gasteiger partial charge on any atom is -0.497 e. The maximum Gasteiger partial charge on any atom is 0.119 e. The van der Waals surface area contributed by atoms with Gasteiger partial charge >= 0.3 is 0 Å². The lowest BCUT2D eigenvalue weighted by molar-refractivity contribution is 0.285. The molecule has 0 radical (unpaired) electrons. The fraction of sp³-hybridized carbons (Fsp3) is 0.368. The largest absolute Gasteiger partial charge is 0.497 e. The normalized spacial score (nSPS) is 16.2. The van der Waals surface area contributed by atoms with Gasteiger partial charge in [0.1, 0.15) is 5.75 Å². The molecule has 0 atom stereocenters. The smallest absolute Gasteiger partial charge is 0.119 e.